The van der Waals surface area contributed by atoms with Crippen LogP contribution in [0.2, 0.25) is 5.02 Å². The third-order valence-corrected chi connectivity index (χ3v) is 4.81. The lowest BCUT2D eigenvalue weighted by molar-refractivity contribution is -0.137. The summed E-state index contributed by atoms with van der Waals surface area (Å²) < 4.78 is 0. The molecular weight excluding hydrogens is 272 g/mol. The zero-order valence-corrected chi connectivity index (χ0v) is 12.9. The number of benzene rings is 1. The highest BCUT2D eigenvalue weighted by atomic mass is 35.5. The van der Waals surface area contributed by atoms with Gasteiger partial charge in [-0.05, 0) is 49.9 Å². The molecular formula is C16H23ClN2O. The fourth-order valence-electron chi connectivity index (χ4n) is 3.06. The Kier molecular flexibility index (Phi) is 5.06. The van der Waals surface area contributed by atoms with Crippen LogP contribution < -0.4 is 5.73 Å². The van der Waals surface area contributed by atoms with E-state index in [2.05, 4.69) is 0 Å². The number of amides is 1. The van der Waals surface area contributed by atoms with Gasteiger partial charge in [0.05, 0.1) is 6.04 Å². The van der Waals surface area contributed by atoms with Crippen molar-refractivity contribution in [2.75, 3.05) is 13.6 Å². The number of rotatable bonds is 4. The van der Waals surface area contributed by atoms with E-state index in [1.807, 2.05) is 43.1 Å². The number of halogens is 1. The summed E-state index contributed by atoms with van der Waals surface area (Å²) in [6.07, 6.45) is 3.16. The fourth-order valence-corrected chi connectivity index (χ4v) is 3.19. The van der Waals surface area contributed by atoms with Crippen LogP contribution in [0.1, 0.15) is 37.8 Å². The number of hydrogen-bond donors (Lipinski definition) is 1. The minimum absolute atomic E-state index is 0.0544. The summed E-state index contributed by atoms with van der Waals surface area (Å²) in [5.41, 5.74) is 6.88. The van der Waals surface area contributed by atoms with Gasteiger partial charge in [0.2, 0.25) is 5.91 Å². The van der Waals surface area contributed by atoms with Gasteiger partial charge in [-0.25, -0.2) is 0 Å². The van der Waals surface area contributed by atoms with Crippen LogP contribution in [-0.2, 0) is 4.79 Å². The molecule has 2 rings (SSSR count). The molecule has 3 unspecified atom stereocenters. The molecule has 20 heavy (non-hydrogen) atoms. The predicted molar refractivity (Wildman–Crippen MR) is 82.5 cm³/mol. The lowest BCUT2D eigenvalue weighted by atomic mass is 9.94. The molecule has 2 N–H and O–H groups in total. The molecule has 0 spiro atoms. The van der Waals surface area contributed by atoms with Crippen LogP contribution in [0, 0.1) is 11.8 Å². The molecule has 1 saturated carbocycles. The van der Waals surface area contributed by atoms with Crippen LogP contribution in [0.25, 0.3) is 0 Å². The first-order valence-electron chi connectivity index (χ1n) is 7.26. The second-order valence-corrected chi connectivity index (χ2v) is 6.15. The Morgan fingerprint density at radius 2 is 2.05 bits per heavy atom. The summed E-state index contributed by atoms with van der Waals surface area (Å²) in [5, 5.41) is 0.717. The average molecular weight is 295 g/mol. The van der Waals surface area contributed by atoms with E-state index < -0.39 is 0 Å². The Bertz CT molecular complexity index is 460. The van der Waals surface area contributed by atoms with Crippen LogP contribution in [0.4, 0.5) is 0 Å². The van der Waals surface area contributed by atoms with Crippen LogP contribution >= 0.6 is 11.6 Å². The van der Waals surface area contributed by atoms with Gasteiger partial charge in [-0.15, -0.1) is 0 Å². The number of hydrogen-bond acceptors (Lipinski definition) is 2. The van der Waals surface area contributed by atoms with Crippen LogP contribution in [-0.4, -0.2) is 24.4 Å². The van der Waals surface area contributed by atoms with Gasteiger partial charge in [-0.2, -0.15) is 0 Å². The van der Waals surface area contributed by atoms with Crippen molar-refractivity contribution in [2.45, 2.75) is 32.2 Å². The van der Waals surface area contributed by atoms with Crippen LogP contribution in [0.5, 0.6) is 0 Å². The van der Waals surface area contributed by atoms with E-state index in [-0.39, 0.29) is 17.9 Å². The number of carbonyl (C=O) groups is 1. The maximum Gasteiger partial charge on any atom is 0.226 e. The van der Waals surface area contributed by atoms with E-state index in [0.29, 0.717) is 17.5 Å². The van der Waals surface area contributed by atoms with E-state index in [1.54, 1.807) is 0 Å². The summed E-state index contributed by atoms with van der Waals surface area (Å²) in [6, 6.07) is 7.74. The van der Waals surface area contributed by atoms with E-state index in [4.69, 9.17) is 17.3 Å². The Morgan fingerprint density at radius 3 is 2.65 bits per heavy atom. The van der Waals surface area contributed by atoms with Crippen molar-refractivity contribution in [2.24, 2.45) is 17.6 Å². The van der Waals surface area contributed by atoms with Gasteiger partial charge in [-0.3, -0.25) is 4.79 Å². The third-order valence-electron chi connectivity index (χ3n) is 4.56. The summed E-state index contributed by atoms with van der Waals surface area (Å²) >= 11 is 5.91. The van der Waals surface area contributed by atoms with Crippen molar-refractivity contribution in [1.29, 1.82) is 0 Å². The zero-order valence-electron chi connectivity index (χ0n) is 12.2. The van der Waals surface area contributed by atoms with E-state index in [1.165, 1.54) is 0 Å². The first-order chi connectivity index (χ1) is 9.54. The molecule has 1 aromatic rings. The monoisotopic (exact) mass is 294 g/mol. The third kappa shape index (κ3) is 3.15. The Labute approximate surface area is 126 Å². The summed E-state index contributed by atoms with van der Waals surface area (Å²) in [5.74, 6) is 0.669. The molecule has 0 bridgehead atoms. The minimum Gasteiger partial charge on any atom is -0.339 e. The Morgan fingerprint density at radius 1 is 1.40 bits per heavy atom. The molecule has 1 aliphatic carbocycles. The molecule has 1 aromatic carbocycles. The molecule has 4 heteroatoms. The summed E-state index contributed by atoms with van der Waals surface area (Å²) in [7, 11) is 1.88. The molecule has 3 atom stereocenters. The van der Waals surface area contributed by atoms with Gasteiger partial charge in [-0.1, -0.05) is 30.2 Å². The lowest BCUT2D eigenvalue weighted by Crippen LogP contribution is -2.38. The van der Waals surface area contributed by atoms with E-state index in [0.717, 1.165) is 24.8 Å². The van der Waals surface area contributed by atoms with Gasteiger partial charge in [0.1, 0.15) is 0 Å². The quantitative estimate of drug-likeness (QED) is 0.926. The van der Waals surface area contributed by atoms with Crippen LogP contribution in [0.3, 0.4) is 0 Å². The van der Waals surface area contributed by atoms with Crippen molar-refractivity contribution in [3.05, 3.63) is 34.9 Å². The predicted octanol–water partition coefficient (Wildman–Crippen LogP) is 3.23. The fraction of sp³-hybridized carbons (Fsp3) is 0.562. The highest BCUT2D eigenvalue weighted by Crippen LogP contribution is 2.34. The maximum atomic E-state index is 12.6. The van der Waals surface area contributed by atoms with E-state index in [9.17, 15) is 4.79 Å². The molecule has 1 aliphatic rings. The first-order valence-corrected chi connectivity index (χ1v) is 7.64. The van der Waals surface area contributed by atoms with Crippen molar-refractivity contribution in [3.63, 3.8) is 0 Å². The Balaban J connectivity index is 2.07. The van der Waals surface area contributed by atoms with Gasteiger partial charge in [0.25, 0.3) is 0 Å². The molecule has 0 aromatic heterocycles. The standard InChI is InChI=1S/C16H23ClN2O/c1-11(12-6-8-14(17)9-7-12)19(2)16(20)15-5-3-4-13(15)10-18/h6-9,11,13,15H,3-5,10,18H2,1-2H3. The topological polar surface area (TPSA) is 46.3 Å². The molecule has 3 nitrogen and oxygen atoms in total. The Hall–Kier alpha value is -1.06. The SMILES string of the molecule is CC(c1ccc(Cl)cc1)N(C)C(=O)C1CCCC1CN. The minimum atomic E-state index is 0.0544. The molecule has 0 aliphatic heterocycles. The highest BCUT2D eigenvalue weighted by Gasteiger charge is 2.34. The second-order valence-electron chi connectivity index (χ2n) is 5.71. The van der Waals surface area contributed by atoms with Crippen molar-refractivity contribution >= 4 is 17.5 Å². The molecule has 110 valence electrons. The molecule has 0 saturated heterocycles. The van der Waals surface area contributed by atoms with Gasteiger partial charge >= 0.3 is 0 Å². The van der Waals surface area contributed by atoms with Crippen molar-refractivity contribution in [3.8, 4) is 0 Å². The first kappa shape index (κ1) is 15.3. The number of carbonyl (C=O) groups excluding carboxylic acids is 1. The smallest absolute Gasteiger partial charge is 0.226 e. The average Bonchev–Trinajstić information content (AvgIpc) is 2.94. The number of nitrogens with zero attached hydrogens (tertiary/aromatic N) is 1. The lowest BCUT2D eigenvalue weighted by Gasteiger charge is -2.30. The molecule has 1 amide bonds. The molecule has 1 fully saturated rings. The highest BCUT2D eigenvalue weighted by molar-refractivity contribution is 6.30. The second kappa shape index (κ2) is 6.59. The van der Waals surface area contributed by atoms with Crippen molar-refractivity contribution in [1.82, 2.24) is 4.90 Å². The molecule has 0 radical (unpaired) electrons. The summed E-state index contributed by atoms with van der Waals surface area (Å²) in [4.78, 5) is 14.5. The zero-order chi connectivity index (χ0) is 14.7. The van der Waals surface area contributed by atoms with Gasteiger partial charge in [0.15, 0.2) is 0 Å². The summed E-state index contributed by atoms with van der Waals surface area (Å²) in [6.45, 7) is 2.66. The van der Waals surface area contributed by atoms with Gasteiger partial charge < -0.3 is 10.6 Å². The number of nitrogens with two attached hydrogens (primary N) is 1. The molecule has 0 heterocycles. The van der Waals surface area contributed by atoms with Crippen molar-refractivity contribution < 1.29 is 4.79 Å². The largest absolute Gasteiger partial charge is 0.339 e. The van der Waals surface area contributed by atoms with Gasteiger partial charge in [0, 0.05) is 18.0 Å². The van der Waals surface area contributed by atoms with E-state index >= 15 is 0 Å². The maximum absolute atomic E-state index is 12.6. The van der Waals surface area contributed by atoms with Crippen LogP contribution in [0.15, 0.2) is 24.3 Å². The normalized spacial score (nSPS) is 23.6.